The number of carbonyl (C=O) groups is 2. The van der Waals surface area contributed by atoms with Crippen LogP contribution < -0.4 is 0 Å². The van der Waals surface area contributed by atoms with Gasteiger partial charge in [0.05, 0.1) is 10.7 Å². The van der Waals surface area contributed by atoms with E-state index >= 15 is 0 Å². The lowest BCUT2D eigenvalue weighted by Gasteiger charge is -2.41. The van der Waals surface area contributed by atoms with Crippen LogP contribution in [0.4, 0.5) is 0 Å². The van der Waals surface area contributed by atoms with Gasteiger partial charge < -0.3 is 0 Å². The van der Waals surface area contributed by atoms with Gasteiger partial charge in [0.2, 0.25) is 0 Å². The highest BCUT2D eigenvalue weighted by atomic mass is 35.5. The Morgan fingerprint density at radius 3 is 2.11 bits per heavy atom. The maximum absolute atomic E-state index is 13.1. The van der Waals surface area contributed by atoms with Crippen molar-refractivity contribution in [2.45, 2.75) is 64.7 Å². The fraction of sp³-hybridized carbons (Fsp3) is 0.458. The van der Waals surface area contributed by atoms with Crippen molar-refractivity contribution >= 4 is 23.2 Å². The van der Waals surface area contributed by atoms with Crippen LogP contribution in [0, 0.1) is 19.3 Å². The topological polar surface area (TPSA) is 47.0 Å². The van der Waals surface area contributed by atoms with Crippen molar-refractivity contribution in [3.8, 4) is 11.3 Å². The van der Waals surface area contributed by atoms with Crippen LogP contribution in [-0.4, -0.2) is 16.6 Å². The summed E-state index contributed by atoms with van der Waals surface area (Å²) in [5.74, 6) is -0.372. The number of halogens is 1. The third-order valence-corrected chi connectivity index (χ3v) is 6.79. The van der Waals surface area contributed by atoms with E-state index in [4.69, 9.17) is 11.6 Å². The third-order valence-electron chi connectivity index (χ3n) is 6.56. The summed E-state index contributed by atoms with van der Waals surface area (Å²) in [4.78, 5) is 30.6. The van der Waals surface area contributed by atoms with E-state index in [9.17, 15) is 9.59 Å². The number of hydrogen-bond acceptors (Lipinski definition) is 3. The lowest BCUT2D eigenvalue weighted by atomic mass is 9.61. The lowest BCUT2D eigenvalue weighted by molar-refractivity contribution is -0.137. The molecule has 0 saturated heterocycles. The van der Waals surface area contributed by atoms with Crippen LogP contribution in [0.5, 0.6) is 0 Å². The molecule has 0 radical (unpaired) electrons. The second-order valence-electron chi connectivity index (χ2n) is 8.67. The van der Waals surface area contributed by atoms with Gasteiger partial charge in [-0.05, 0) is 73.1 Å². The van der Waals surface area contributed by atoms with Crippen molar-refractivity contribution in [2.24, 2.45) is 5.41 Å². The number of hydrogen-bond donors (Lipinski definition) is 0. The van der Waals surface area contributed by atoms with Crippen LogP contribution in [0.2, 0.25) is 5.02 Å². The molecule has 28 heavy (non-hydrogen) atoms. The molecule has 0 amide bonds. The van der Waals surface area contributed by atoms with Gasteiger partial charge in [0.25, 0.3) is 0 Å². The summed E-state index contributed by atoms with van der Waals surface area (Å²) in [7, 11) is 0. The van der Waals surface area contributed by atoms with Crippen LogP contribution >= 0.6 is 11.6 Å². The second kappa shape index (κ2) is 7.44. The zero-order valence-electron chi connectivity index (χ0n) is 16.6. The fourth-order valence-corrected chi connectivity index (χ4v) is 5.40. The molecule has 146 valence electrons. The number of pyridine rings is 1. The average Bonchev–Trinajstić information content (AvgIpc) is 2.64. The predicted molar refractivity (Wildman–Crippen MR) is 112 cm³/mol. The number of carbonyl (C=O) groups excluding carboxylic acids is 2. The van der Waals surface area contributed by atoms with E-state index in [1.807, 2.05) is 38.1 Å². The van der Waals surface area contributed by atoms with Crippen LogP contribution in [0.15, 0.2) is 30.5 Å². The van der Waals surface area contributed by atoms with Crippen LogP contribution in [-0.2, 0) is 9.59 Å². The normalized spacial score (nSPS) is 20.0. The molecule has 0 bridgehead atoms. The molecule has 2 saturated carbocycles. The number of rotatable bonds is 2. The first-order valence-corrected chi connectivity index (χ1v) is 10.5. The van der Waals surface area contributed by atoms with Gasteiger partial charge in [-0.25, -0.2) is 0 Å². The second-order valence-corrected chi connectivity index (χ2v) is 9.10. The summed E-state index contributed by atoms with van der Waals surface area (Å²) >= 11 is 5.94. The van der Waals surface area contributed by atoms with Gasteiger partial charge in [-0.15, -0.1) is 0 Å². The van der Waals surface area contributed by atoms with E-state index in [0.29, 0.717) is 17.9 Å². The first kappa shape index (κ1) is 19.3. The van der Waals surface area contributed by atoms with Gasteiger partial charge in [-0.1, -0.05) is 30.9 Å². The van der Waals surface area contributed by atoms with Gasteiger partial charge in [0.1, 0.15) is 17.5 Å². The molecule has 0 unspecified atom stereocenters. The Kier molecular flexibility index (Phi) is 5.13. The number of benzene rings is 1. The molecular formula is C24H26ClNO2. The number of Topliss-reactive ketones (excluding diaryl/α,β-unsaturated/α-hetero) is 2. The smallest absolute Gasteiger partial charge is 0.148 e. The molecular weight excluding hydrogens is 370 g/mol. The monoisotopic (exact) mass is 395 g/mol. The molecule has 0 atom stereocenters. The minimum atomic E-state index is -0.597. The van der Waals surface area contributed by atoms with Gasteiger partial charge in [0.15, 0.2) is 0 Å². The third kappa shape index (κ3) is 3.53. The first-order valence-electron chi connectivity index (χ1n) is 10.2. The quantitative estimate of drug-likeness (QED) is 0.587. The fourth-order valence-electron chi connectivity index (χ4n) is 5.29. The Balaban J connectivity index is 1.66. The molecule has 1 aromatic heterocycles. The maximum atomic E-state index is 13.1. The van der Waals surface area contributed by atoms with Crippen molar-refractivity contribution in [1.29, 1.82) is 0 Å². The van der Waals surface area contributed by atoms with Gasteiger partial charge in [0, 0.05) is 24.6 Å². The molecule has 4 rings (SSSR count). The number of aromatic nitrogens is 1. The standard InChI is InChI=1S/C24H26ClNO2/c1-15-10-17(19-7-6-18(25)14-26-19)11-16(2)22(15)23-20(27)12-24(13-21(23)28)8-4-3-5-9-24/h6-7,10-11,14,23H,3-5,8-9,12-13H2,1-2H3. The Hall–Kier alpha value is -2.00. The van der Waals surface area contributed by atoms with E-state index in [2.05, 4.69) is 4.98 Å². The molecule has 1 spiro atoms. The molecule has 1 heterocycles. The number of nitrogens with zero attached hydrogens (tertiary/aromatic N) is 1. The van der Waals surface area contributed by atoms with Gasteiger partial charge in [-0.2, -0.15) is 0 Å². The highest BCUT2D eigenvalue weighted by molar-refractivity contribution is 6.30. The van der Waals surface area contributed by atoms with Crippen LogP contribution in [0.25, 0.3) is 11.3 Å². The Morgan fingerprint density at radius 1 is 0.964 bits per heavy atom. The van der Waals surface area contributed by atoms with E-state index < -0.39 is 5.92 Å². The van der Waals surface area contributed by atoms with Crippen LogP contribution in [0.1, 0.15) is 67.6 Å². The van der Waals surface area contributed by atoms with Crippen molar-refractivity contribution in [3.63, 3.8) is 0 Å². The Bertz CT molecular complexity index is 883. The highest BCUT2D eigenvalue weighted by Gasteiger charge is 2.46. The molecule has 2 fully saturated rings. The van der Waals surface area contributed by atoms with Gasteiger partial charge >= 0.3 is 0 Å². The minimum absolute atomic E-state index is 0.0576. The van der Waals surface area contributed by atoms with Crippen molar-refractivity contribution in [2.75, 3.05) is 0 Å². The molecule has 2 aromatic rings. The minimum Gasteiger partial charge on any atom is -0.299 e. The van der Waals surface area contributed by atoms with Crippen LogP contribution in [0.3, 0.4) is 0 Å². The number of ketones is 2. The van der Waals surface area contributed by atoms with E-state index in [1.165, 1.54) is 6.42 Å². The SMILES string of the molecule is Cc1cc(-c2ccc(Cl)cn2)cc(C)c1C1C(=O)CC2(CCCCC2)CC1=O. The van der Waals surface area contributed by atoms with Crippen molar-refractivity contribution in [3.05, 3.63) is 52.2 Å². The van der Waals surface area contributed by atoms with Gasteiger partial charge in [-0.3, -0.25) is 14.6 Å². The summed E-state index contributed by atoms with van der Waals surface area (Å²) in [5, 5.41) is 0.601. The Labute approximate surface area is 171 Å². The zero-order valence-corrected chi connectivity index (χ0v) is 17.3. The number of aryl methyl sites for hydroxylation is 2. The molecule has 4 heteroatoms. The summed E-state index contributed by atoms with van der Waals surface area (Å²) < 4.78 is 0. The summed E-state index contributed by atoms with van der Waals surface area (Å²) in [6.45, 7) is 3.99. The molecule has 2 aliphatic rings. The molecule has 1 aromatic carbocycles. The largest absolute Gasteiger partial charge is 0.299 e. The predicted octanol–water partition coefficient (Wildman–Crippen LogP) is 5.98. The zero-order chi connectivity index (χ0) is 19.9. The molecule has 0 aliphatic heterocycles. The maximum Gasteiger partial charge on any atom is 0.148 e. The summed E-state index contributed by atoms with van der Waals surface area (Å²) in [6.07, 6.45) is 8.32. The lowest BCUT2D eigenvalue weighted by Crippen LogP contribution is -2.41. The molecule has 2 aliphatic carbocycles. The summed E-state index contributed by atoms with van der Waals surface area (Å²) in [5.41, 5.74) is 4.63. The first-order chi connectivity index (χ1) is 13.4. The highest BCUT2D eigenvalue weighted by Crippen LogP contribution is 2.49. The Morgan fingerprint density at radius 2 is 1.57 bits per heavy atom. The van der Waals surface area contributed by atoms with E-state index in [0.717, 1.165) is 53.6 Å². The molecule has 0 N–H and O–H groups in total. The average molecular weight is 396 g/mol. The van der Waals surface area contributed by atoms with E-state index in [-0.39, 0.29) is 17.0 Å². The van der Waals surface area contributed by atoms with E-state index in [1.54, 1.807) is 6.20 Å². The van der Waals surface area contributed by atoms with Crippen molar-refractivity contribution < 1.29 is 9.59 Å². The molecule has 3 nitrogen and oxygen atoms in total. The summed E-state index contributed by atoms with van der Waals surface area (Å²) in [6, 6.07) is 7.77. The van der Waals surface area contributed by atoms with Crippen molar-refractivity contribution in [1.82, 2.24) is 4.98 Å².